The lowest BCUT2D eigenvalue weighted by Crippen LogP contribution is -2.53. The van der Waals surface area contributed by atoms with Crippen molar-refractivity contribution < 1.29 is 13.2 Å². The number of sulfone groups is 1. The Morgan fingerprint density at radius 2 is 1.70 bits per heavy atom. The summed E-state index contributed by atoms with van der Waals surface area (Å²) in [6, 6.07) is 8.66. The summed E-state index contributed by atoms with van der Waals surface area (Å²) in [6.07, 6.45) is 4.95. The van der Waals surface area contributed by atoms with E-state index in [2.05, 4.69) is 44.8 Å². The molecule has 7 nitrogen and oxygen atoms in total. The van der Waals surface area contributed by atoms with Crippen LogP contribution in [-0.2, 0) is 27.7 Å². The molecule has 1 aromatic carbocycles. The van der Waals surface area contributed by atoms with E-state index < -0.39 is 14.6 Å². The number of rotatable bonds is 7. The average molecular weight is 551 g/mol. The minimum atomic E-state index is -3.20. The monoisotopic (exact) mass is 550 g/mol. The molecule has 0 aromatic heterocycles. The molecular formula is C21H35IN4O3S. The molecule has 0 amide bonds. The SMILES string of the molecule is CN=C(NCc1ccc(CN2CCCC2)cc1)NCC1(S(C)(=O)=O)CCOCC1.I. The van der Waals surface area contributed by atoms with Gasteiger partial charge in [-0.2, -0.15) is 0 Å². The molecule has 0 aliphatic carbocycles. The smallest absolute Gasteiger partial charge is 0.191 e. The van der Waals surface area contributed by atoms with Crippen molar-refractivity contribution in [3.05, 3.63) is 35.4 Å². The van der Waals surface area contributed by atoms with Crippen molar-refractivity contribution >= 4 is 39.8 Å². The van der Waals surface area contributed by atoms with Crippen molar-refractivity contribution in [1.29, 1.82) is 0 Å². The van der Waals surface area contributed by atoms with Gasteiger partial charge in [0.25, 0.3) is 0 Å². The molecule has 0 spiro atoms. The highest BCUT2D eigenvalue weighted by Crippen LogP contribution is 2.28. The Morgan fingerprint density at radius 3 is 2.27 bits per heavy atom. The van der Waals surface area contributed by atoms with Crippen LogP contribution in [0.1, 0.15) is 36.8 Å². The van der Waals surface area contributed by atoms with Gasteiger partial charge >= 0.3 is 0 Å². The second-order valence-corrected chi connectivity index (χ2v) is 10.6. The number of ether oxygens (including phenoxy) is 1. The van der Waals surface area contributed by atoms with Crippen LogP contribution in [0, 0.1) is 0 Å². The molecule has 2 saturated heterocycles. The molecule has 170 valence electrons. The molecule has 1 aromatic rings. The predicted molar refractivity (Wildman–Crippen MR) is 132 cm³/mol. The minimum Gasteiger partial charge on any atom is -0.381 e. The van der Waals surface area contributed by atoms with Gasteiger partial charge in [0.15, 0.2) is 15.8 Å². The van der Waals surface area contributed by atoms with E-state index in [0.29, 0.717) is 45.1 Å². The van der Waals surface area contributed by atoms with E-state index in [1.807, 2.05) is 0 Å². The Kier molecular flexibility index (Phi) is 9.83. The van der Waals surface area contributed by atoms with E-state index in [-0.39, 0.29) is 24.0 Å². The van der Waals surface area contributed by atoms with Crippen LogP contribution in [0.15, 0.2) is 29.3 Å². The van der Waals surface area contributed by atoms with Crippen LogP contribution in [0.25, 0.3) is 0 Å². The van der Waals surface area contributed by atoms with E-state index in [4.69, 9.17) is 4.74 Å². The first kappa shape index (κ1) is 25.4. The topological polar surface area (TPSA) is 83.0 Å². The second-order valence-electron chi connectivity index (χ2n) is 8.15. The van der Waals surface area contributed by atoms with Crippen LogP contribution in [-0.4, -0.2) is 70.2 Å². The number of hydrogen-bond acceptors (Lipinski definition) is 5. The molecule has 0 bridgehead atoms. The number of likely N-dealkylation sites (tertiary alicyclic amines) is 1. The van der Waals surface area contributed by atoms with Gasteiger partial charge in [0.05, 0.1) is 4.75 Å². The Labute approximate surface area is 198 Å². The third-order valence-corrected chi connectivity index (χ3v) is 8.21. The molecule has 3 rings (SSSR count). The lowest BCUT2D eigenvalue weighted by atomic mass is 9.99. The highest BCUT2D eigenvalue weighted by atomic mass is 127. The Morgan fingerprint density at radius 1 is 1.10 bits per heavy atom. The average Bonchev–Trinajstić information content (AvgIpc) is 3.22. The van der Waals surface area contributed by atoms with Crippen molar-refractivity contribution in [2.45, 2.75) is 43.5 Å². The lowest BCUT2D eigenvalue weighted by molar-refractivity contribution is 0.0756. The first-order valence-corrected chi connectivity index (χ1v) is 12.3. The molecule has 0 radical (unpaired) electrons. The maximum atomic E-state index is 12.4. The largest absolute Gasteiger partial charge is 0.381 e. The van der Waals surface area contributed by atoms with Crippen LogP contribution in [0.4, 0.5) is 0 Å². The molecule has 0 atom stereocenters. The summed E-state index contributed by atoms with van der Waals surface area (Å²) in [5.41, 5.74) is 2.51. The lowest BCUT2D eigenvalue weighted by Gasteiger charge is -2.35. The van der Waals surface area contributed by atoms with Crippen molar-refractivity contribution in [2.75, 3.05) is 46.2 Å². The van der Waals surface area contributed by atoms with Gasteiger partial charge in [-0.05, 0) is 49.9 Å². The highest BCUT2D eigenvalue weighted by molar-refractivity contribution is 14.0. The molecule has 30 heavy (non-hydrogen) atoms. The van der Waals surface area contributed by atoms with Crippen molar-refractivity contribution in [3.8, 4) is 0 Å². The number of hydrogen-bond donors (Lipinski definition) is 2. The summed E-state index contributed by atoms with van der Waals surface area (Å²) < 4.78 is 29.3. The van der Waals surface area contributed by atoms with Crippen LogP contribution < -0.4 is 10.6 Å². The van der Waals surface area contributed by atoms with Crippen molar-refractivity contribution in [1.82, 2.24) is 15.5 Å². The molecule has 9 heteroatoms. The minimum absolute atomic E-state index is 0. The fourth-order valence-corrected chi connectivity index (χ4v) is 5.28. The number of halogens is 1. The van der Waals surface area contributed by atoms with Gasteiger partial charge in [-0.25, -0.2) is 8.42 Å². The molecule has 2 heterocycles. The summed E-state index contributed by atoms with van der Waals surface area (Å²) in [6.45, 7) is 5.35. The first-order chi connectivity index (χ1) is 13.9. The number of benzene rings is 1. The fourth-order valence-electron chi connectivity index (χ4n) is 4.03. The number of nitrogens with zero attached hydrogens (tertiary/aromatic N) is 2. The quantitative estimate of drug-likeness (QED) is 0.308. The summed E-state index contributed by atoms with van der Waals surface area (Å²) in [4.78, 5) is 6.74. The second kappa shape index (κ2) is 11.6. The van der Waals surface area contributed by atoms with E-state index >= 15 is 0 Å². The van der Waals surface area contributed by atoms with E-state index in [0.717, 1.165) is 6.54 Å². The maximum absolute atomic E-state index is 12.4. The fraction of sp³-hybridized carbons (Fsp3) is 0.667. The number of nitrogens with one attached hydrogen (secondary N) is 2. The molecule has 2 N–H and O–H groups in total. The molecule has 2 aliphatic rings. The molecule has 0 saturated carbocycles. The van der Waals surface area contributed by atoms with Gasteiger partial charge in [-0.1, -0.05) is 24.3 Å². The molecular weight excluding hydrogens is 515 g/mol. The van der Waals surface area contributed by atoms with Crippen LogP contribution in [0.3, 0.4) is 0 Å². The zero-order chi connectivity index (χ0) is 20.7. The Balaban J connectivity index is 0.00000320. The van der Waals surface area contributed by atoms with Gasteiger partial charge in [0.1, 0.15) is 0 Å². The van der Waals surface area contributed by atoms with E-state index in [9.17, 15) is 8.42 Å². The van der Waals surface area contributed by atoms with Gasteiger partial charge in [0, 0.05) is 46.2 Å². The Bertz CT molecular complexity index is 787. The summed E-state index contributed by atoms with van der Waals surface area (Å²) in [7, 11) is -1.50. The zero-order valence-corrected chi connectivity index (χ0v) is 21.2. The van der Waals surface area contributed by atoms with Crippen LogP contribution >= 0.6 is 24.0 Å². The third-order valence-electron chi connectivity index (χ3n) is 6.08. The van der Waals surface area contributed by atoms with Gasteiger partial charge < -0.3 is 15.4 Å². The van der Waals surface area contributed by atoms with Gasteiger partial charge in [0.2, 0.25) is 0 Å². The van der Waals surface area contributed by atoms with Gasteiger partial charge in [-0.15, -0.1) is 24.0 Å². The van der Waals surface area contributed by atoms with Crippen molar-refractivity contribution in [3.63, 3.8) is 0 Å². The highest BCUT2D eigenvalue weighted by Gasteiger charge is 2.42. The number of guanidine groups is 1. The molecule has 2 fully saturated rings. The zero-order valence-electron chi connectivity index (χ0n) is 18.0. The maximum Gasteiger partial charge on any atom is 0.191 e. The number of aliphatic imine (C=N–C) groups is 1. The van der Waals surface area contributed by atoms with E-state index in [1.54, 1.807) is 7.05 Å². The predicted octanol–water partition coefficient (Wildman–Crippen LogP) is 2.16. The van der Waals surface area contributed by atoms with Crippen LogP contribution in [0.5, 0.6) is 0 Å². The summed E-state index contributed by atoms with van der Waals surface area (Å²) in [5, 5.41) is 6.50. The van der Waals surface area contributed by atoms with E-state index in [1.165, 1.54) is 43.3 Å². The first-order valence-electron chi connectivity index (χ1n) is 10.4. The third kappa shape index (κ3) is 6.80. The molecule has 2 aliphatic heterocycles. The standard InChI is InChI=1S/C21H34N4O3S.HI/c1-22-20(24-17-21(29(2,26)27)9-13-28-14-10-21)23-15-18-5-7-19(8-6-18)16-25-11-3-4-12-25;/h5-8H,3-4,9-17H2,1-2H3,(H2,22,23,24);1H. The normalized spacial score (nSPS) is 19.9. The van der Waals surface area contributed by atoms with Crippen molar-refractivity contribution in [2.24, 2.45) is 4.99 Å². The molecule has 0 unspecified atom stereocenters. The summed E-state index contributed by atoms with van der Waals surface area (Å²) in [5.74, 6) is 0.612. The van der Waals surface area contributed by atoms with Crippen LogP contribution in [0.2, 0.25) is 0 Å². The Hall–Kier alpha value is -0.910. The van der Waals surface area contributed by atoms with Gasteiger partial charge in [-0.3, -0.25) is 9.89 Å². The summed E-state index contributed by atoms with van der Waals surface area (Å²) >= 11 is 0.